The first-order valence-corrected chi connectivity index (χ1v) is 10.1. The summed E-state index contributed by atoms with van der Waals surface area (Å²) in [6, 6.07) is 11.3. The molecule has 4 rings (SSSR count). The Kier molecular flexibility index (Phi) is 5.48. The molecule has 1 aliphatic heterocycles. The van der Waals surface area contributed by atoms with Gasteiger partial charge in [0.25, 0.3) is 0 Å². The molecule has 156 valence electrons. The van der Waals surface area contributed by atoms with Gasteiger partial charge in [0.15, 0.2) is 0 Å². The van der Waals surface area contributed by atoms with Crippen molar-refractivity contribution in [3.63, 3.8) is 0 Å². The Morgan fingerprint density at radius 1 is 1.23 bits per heavy atom. The lowest BCUT2D eigenvalue weighted by atomic mass is 10.1. The third kappa shape index (κ3) is 3.90. The minimum atomic E-state index is -0.421. The van der Waals surface area contributed by atoms with Crippen LogP contribution in [0.4, 0.5) is 0 Å². The van der Waals surface area contributed by atoms with Crippen molar-refractivity contribution in [2.75, 3.05) is 13.7 Å². The molecule has 2 aromatic carbocycles. The van der Waals surface area contributed by atoms with Crippen LogP contribution in [0.25, 0.3) is 10.9 Å². The zero-order valence-corrected chi connectivity index (χ0v) is 17.7. The number of hydrogen-bond acceptors (Lipinski definition) is 6. The number of hydrogen-bond donors (Lipinski definition) is 0. The topological polar surface area (TPSA) is 66.9 Å². The highest BCUT2D eigenvalue weighted by molar-refractivity contribution is 5.95. The molecule has 1 aliphatic rings. The molecule has 0 saturated carbocycles. The Morgan fingerprint density at radius 2 is 2.07 bits per heavy atom. The normalized spacial score (nSPS) is 14.9. The van der Waals surface area contributed by atoms with E-state index in [0.29, 0.717) is 17.9 Å². The molecule has 0 fully saturated rings. The Hall–Kier alpha value is -3.28. The molecule has 30 heavy (non-hydrogen) atoms. The molecule has 6 heteroatoms. The zero-order valence-electron chi connectivity index (χ0n) is 17.7. The highest BCUT2D eigenvalue weighted by Gasteiger charge is 2.23. The summed E-state index contributed by atoms with van der Waals surface area (Å²) in [4.78, 5) is 17.3. The van der Waals surface area contributed by atoms with E-state index in [1.807, 2.05) is 44.2 Å². The van der Waals surface area contributed by atoms with Gasteiger partial charge >= 0.3 is 5.97 Å². The lowest BCUT2D eigenvalue weighted by Gasteiger charge is -2.14. The number of aromatic nitrogens is 1. The minimum absolute atomic E-state index is 0.0965. The highest BCUT2D eigenvalue weighted by Crippen LogP contribution is 2.35. The number of aryl methyl sites for hydroxylation is 1. The number of pyridine rings is 1. The van der Waals surface area contributed by atoms with Gasteiger partial charge in [-0.2, -0.15) is 0 Å². The average Bonchev–Trinajstić information content (AvgIpc) is 3.09. The molecular formula is C24H25NO5. The molecule has 6 nitrogen and oxygen atoms in total. The predicted octanol–water partition coefficient (Wildman–Crippen LogP) is 4.63. The number of carbonyl (C=O) groups is 1. The summed E-state index contributed by atoms with van der Waals surface area (Å²) in [7, 11) is 1.61. The van der Waals surface area contributed by atoms with E-state index in [2.05, 4.69) is 4.98 Å². The predicted molar refractivity (Wildman–Crippen MR) is 114 cm³/mol. The monoisotopic (exact) mass is 407 g/mol. The van der Waals surface area contributed by atoms with Crippen LogP contribution < -0.4 is 14.2 Å². The average molecular weight is 407 g/mol. The van der Waals surface area contributed by atoms with Crippen LogP contribution in [0.3, 0.4) is 0 Å². The first-order valence-electron chi connectivity index (χ1n) is 10.1. The largest absolute Gasteiger partial charge is 0.497 e. The van der Waals surface area contributed by atoms with Gasteiger partial charge in [-0.15, -0.1) is 0 Å². The van der Waals surface area contributed by atoms with E-state index in [4.69, 9.17) is 18.9 Å². The van der Waals surface area contributed by atoms with Crippen LogP contribution in [-0.4, -0.2) is 30.8 Å². The van der Waals surface area contributed by atoms with Crippen LogP contribution in [0.1, 0.15) is 41.0 Å². The Balaban J connectivity index is 1.56. The second kappa shape index (κ2) is 8.22. The highest BCUT2D eigenvalue weighted by atomic mass is 16.5. The Morgan fingerprint density at radius 3 is 2.83 bits per heavy atom. The van der Waals surface area contributed by atoms with Crippen molar-refractivity contribution in [1.29, 1.82) is 0 Å². The van der Waals surface area contributed by atoms with Gasteiger partial charge < -0.3 is 18.9 Å². The smallest absolute Gasteiger partial charge is 0.340 e. The summed E-state index contributed by atoms with van der Waals surface area (Å²) in [5.41, 5.74) is 3.72. The maximum Gasteiger partial charge on any atom is 0.340 e. The van der Waals surface area contributed by atoms with Gasteiger partial charge in [0, 0.05) is 29.0 Å². The SMILES string of the molecule is CCOc1cc2c(cc1COC(=O)c1cc3ccc(OC)cc3nc1C)OC(C)C2. The molecule has 2 heterocycles. The number of carbonyl (C=O) groups excluding carboxylic acids is 1. The van der Waals surface area contributed by atoms with Crippen molar-refractivity contribution in [2.45, 2.75) is 39.9 Å². The van der Waals surface area contributed by atoms with Crippen LogP contribution in [0.5, 0.6) is 17.2 Å². The van der Waals surface area contributed by atoms with Crippen LogP contribution in [0.15, 0.2) is 36.4 Å². The fraction of sp³-hybridized carbons (Fsp3) is 0.333. The van der Waals surface area contributed by atoms with E-state index in [1.165, 1.54) is 0 Å². The standard InChI is InChI=1S/C24H25NO5/c1-5-28-22-10-17-8-14(2)30-23(17)11-18(22)13-29-24(26)20-9-16-6-7-19(27-4)12-21(16)25-15(20)3/h6-7,9-12,14H,5,8,13H2,1-4H3. The zero-order chi connectivity index (χ0) is 21.3. The molecule has 0 amide bonds. The molecule has 1 unspecified atom stereocenters. The molecule has 1 atom stereocenters. The van der Waals surface area contributed by atoms with E-state index in [-0.39, 0.29) is 12.7 Å². The number of benzene rings is 2. The molecule has 0 saturated heterocycles. The molecule has 0 radical (unpaired) electrons. The molecule has 0 bridgehead atoms. The maximum absolute atomic E-state index is 12.8. The molecule has 3 aromatic rings. The van der Waals surface area contributed by atoms with Crippen LogP contribution in [0, 0.1) is 6.92 Å². The number of nitrogens with zero attached hydrogens (tertiary/aromatic N) is 1. The van der Waals surface area contributed by atoms with Gasteiger partial charge in [-0.05, 0) is 51.1 Å². The van der Waals surface area contributed by atoms with Crippen molar-refractivity contribution in [1.82, 2.24) is 4.98 Å². The quantitative estimate of drug-likeness (QED) is 0.555. The Bertz CT molecular complexity index is 1110. The van der Waals surface area contributed by atoms with Gasteiger partial charge in [0.05, 0.1) is 30.5 Å². The lowest BCUT2D eigenvalue weighted by Crippen LogP contribution is -2.09. The van der Waals surface area contributed by atoms with Crippen LogP contribution in [-0.2, 0) is 17.8 Å². The van der Waals surface area contributed by atoms with Crippen LogP contribution in [0.2, 0.25) is 0 Å². The van der Waals surface area contributed by atoms with Crippen molar-refractivity contribution in [3.05, 3.63) is 58.8 Å². The molecule has 1 aromatic heterocycles. The van der Waals surface area contributed by atoms with E-state index >= 15 is 0 Å². The maximum atomic E-state index is 12.8. The number of methoxy groups -OCH3 is 1. The number of esters is 1. The van der Waals surface area contributed by atoms with E-state index < -0.39 is 5.97 Å². The summed E-state index contributed by atoms with van der Waals surface area (Å²) in [5.74, 6) is 1.85. The number of rotatable bonds is 6. The third-order valence-electron chi connectivity index (χ3n) is 5.17. The third-order valence-corrected chi connectivity index (χ3v) is 5.17. The van der Waals surface area contributed by atoms with Gasteiger partial charge in [-0.3, -0.25) is 4.98 Å². The van der Waals surface area contributed by atoms with Gasteiger partial charge in [0.2, 0.25) is 0 Å². The van der Waals surface area contributed by atoms with Crippen molar-refractivity contribution >= 4 is 16.9 Å². The number of fused-ring (bicyclic) bond motifs is 2. The molecule has 0 aliphatic carbocycles. The van der Waals surface area contributed by atoms with Gasteiger partial charge in [0.1, 0.15) is 30.0 Å². The lowest BCUT2D eigenvalue weighted by molar-refractivity contribution is 0.0468. The summed E-state index contributed by atoms with van der Waals surface area (Å²) in [5, 5.41) is 0.850. The first-order chi connectivity index (χ1) is 14.5. The fourth-order valence-corrected chi connectivity index (χ4v) is 3.68. The fourth-order valence-electron chi connectivity index (χ4n) is 3.68. The second-order valence-corrected chi connectivity index (χ2v) is 7.39. The van der Waals surface area contributed by atoms with E-state index in [0.717, 1.165) is 45.7 Å². The van der Waals surface area contributed by atoms with Crippen molar-refractivity contribution in [3.8, 4) is 17.2 Å². The van der Waals surface area contributed by atoms with Crippen molar-refractivity contribution < 1.29 is 23.7 Å². The molecule has 0 N–H and O–H groups in total. The van der Waals surface area contributed by atoms with E-state index in [9.17, 15) is 4.79 Å². The summed E-state index contributed by atoms with van der Waals surface area (Å²) in [6.07, 6.45) is 0.986. The summed E-state index contributed by atoms with van der Waals surface area (Å²) < 4.78 is 22.5. The van der Waals surface area contributed by atoms with Crippen molar-refractivity contribution in [2.24, 2.45) is 0 Å². The number of ether oxygens (including phenoxy) is 4. The summed E-state index contributed by atoms with van der Waals surface area (Å²) in [6.45, 7) is 6.39. The molecular weight excluding hydrogens is 382 g/mol. The van der Waals surface area contributed by atoms with Crippen LogP contribution >= 0.6 is 0 Å². The van der Waals surface area contributed by atoms with Gasteiger partial charge in [-0.25, -0.2) is 4.79 Å². The first kappa shape index (κ1) is 20.0. The van der Waals surface area contributed by atoms with E-state index in [1.54, 1.807) is 20.1 Å². The Labute approximate surface area is 175 Å². The second-order valence-electron chi connectivity index (χ2n) is 7.39. The molecule has 0 spiro atoms. The minimum Gasteiger partial charge on any atom is -0.497 e. The summed E-state index contributed by atoms with van der Waals surface area (Å²) >= 11 is 0. The van der Waals surface area contributed by atoms with Gasteiger partial charge in [-0.1, -0.05) is 0 Å².